The molecule has 21 heavy (non-hydrogen) atoms. The average Bonchev–Trinajstić information content (AvgIpc) is 2.53. The molecule has 2 aromatic rings. The highest BCUT2D eigenvalue weighted by atomic mass is 16.5. The predicted octanol–water partition coefficient (Wildman–Crippen LogP) is 3.18. The highest BCUT2D eigenvalue weighted by Gasteiger charge is 2.28. The van der Waals surface area contributed by atoms with Crippen LogP contribution in [0.25, 0.3) is 0 Å². The molecule has 0 radical (unpaired) electrons. The second kappa shape index (κ2) is 5.74. The Morgan fingerprint density at radius 1 is 1.29 bits per heavy atom. The van der Waals surface area contributed by atoms with Crippen LogP contribution in [0.1, 0.15) is 35.4 Å². The van der Waals surface area contributed by atoms with E-state index in [4.69, 9.17) is 9.47 Å². The van der Waals surface area contributed by atoms with E-state index in [2.05, 4.69) is 22.4 Å². The lowest BCUT2D eigenvalue weighted by Gasteiger charge is -2.32. The van der Waals surface area contributed by atoms with Gasteiger partial charge in [0.15, 0.2) is 0 Å². The summed E-state index contributed by atoms with van der Waals surface area (Å²) in [5.74, 6) is 1.69. The van der Waals surface area contributed by atoms with Crippen molar-refractivity contribution in [1.29, 1.82) is 0 Å². The van der Waals surface area contributed by atoms with Crippen molar-refractivity contribution in [3.63, 3.8) is 0 Å². The van der Waals surface area contributed by atoms with Gasteiger partial charge >= 0.3 is 0 Å². The highest BCUT2D eigenvalue weighted by molar-refractivity contribution is 5.44. The Kier molecular flexibility index (Phi) is 3.80. The second-order valence-electron chi connectivity index (χ2n) is 5.32. The summed E-state index contributed by atoms with van der Waals surface area (Å²) in [6.07, 6.45) is 2.80. The smallest absolute Gasteiger partial charge is 0.128 e. The first-order valence-electron chi connectivity index (χ1n) is 7.15. The quantitative estimate of drug-likeness (QED) is 0.940. The monoisotopic (exact) mass is 284 g/mol. The first-order valence-corrected chi connectivity index (χ1v) is 7.15. The summed E-state index contributed by atoms with van der Waals surface area (Å²) in [6, 6.07) is 10.4. The zero-order valence-electron chi connectivity index (χ0n) is 12.6. The van der Waals surface area contributed by atoms with Crippen molar-refractivity contribution in [3.8, 4) is 11.5 Å². The van der Waals surface area contributed by atoms with Crippen LogP contribution < -0.4 is 14.8 Å². The summed E-state index contributed by atoms with van der Waals surface area (Å²) in [6.45, 7) is 1.99. The number of methoxy groups -OCH3 is 1. The Balaban J connectivity index is 1.94. The minimum atomic E-state index is 0.00940. The average molecular weight is 284 g/mol. The number of rotatable bonds is 3. The fraction of sp³-hybridized carbons (Fsp3) is 0.353. The van der Waals surface area contributed by atoms with Gasteiger partial charge in [0.1, 0.15) is 17.6 Å². The van der Waals surface area contributed by atoms with Crippen molar-refractivity contribution in [2.45, 2.75) is 25.5 Å². The highest BCUT2D eigenvalue weighted by Crippen LogP contribution is 2.42. The van der Waals surface area contributed by atoms with Crippen LogP contribution in [0.5, 0.6) is 11.5 Å². The minimum Gasteiger partial charge on any atom is -0.497 e. The van der Waals surface area contributed by atoms with Crippen LogP contribution in [0.3, 0.4) is 0 Å². The van der Waals surface area contributed by atoms with E-state index in [0.717, 1.165) is 29.2 Å². The summed E-state index contributed by atoms with van der Waals surface area (Å²) < 4.78 is 11.5. The molecule has 1 aliphatic heterocycles. The fourth-order valence-electron chi connectivity index (χ4n) is 2.72. The molecule has 0 saturated carbocycles. The molecule has 0 saturated heterocycles. The van der Waals surface area contributed by atoms with E-state index in [1.54, 1.807) is 7.11 Å². The zero-order chi connectivity index (χ0) is 14.8. The molecular weight excluding hydrogens is 264 g/mol. The molecule has 0 aliphatic carbocycles. The Hall–Kier alpha value is -2.07. The van der Waals surface area contributed by atoms with Crippen LogP contribution in [0.4, 0.5) is 0 Å². The van der Waals surface area contributed by atoms with Crippen molar-refractivity contribution in [2.75, 3.05) is 14.2 Å². The van der Waals surface area contributed by atoms with Crippen LogP contribution in [0.2, 0.25) is 0 Å². The Bertz CT molecular complexity index is 625. The van der Waals surface area contributed by atoms with E-state index in [0.29, 0.717) is 0 Å². The van der Waals surface area contributed by atoms with Crippen molar-refractivity contribution in [1.82, 2.24) is 10.3 Å². The van der Waals surface area contributed by atoms with Gasteiger partial charge in [-0.15, -0.1) is 0 Å². The molecule has 4 nitrogen and oxygen atoms in total. The molecule has 4 heteroatoms. The van der Waals surface area contributed by atoms with E-state index in [1.165, 1.54) is 5.56 Å². The molecule has 0 fully saturated rings. The summed E-state index contributed by atoms with van der Waals surface area (Å²) in [4.78, 5) is 4.37. The van der Waals surface area contributed by atoms with Gasteiger partial charge in [-0.3, -0.25) is 4.98 Å². The van der Waals surface area contributed by atoms with Crippen LogP contribution >= 0.6 is 0 Å². The summed E-state index contributed by atoms with van der Waals surface area (Å²) in [5.41, 5.74) is 3.30. The number of nitrogens with one attached hydrogen (secondary N) is 1. The largest absolute Gasteiger partial charge is 0.497 e. The molecule has 110 valence electrons. The number of benzene rings is 1. The third-order valence-corrected chi connectivity index (χ3v) is 3.97. The lowest BCUT2D eigenvalue weighted by molar-refractivity contribution is 0.153. The number of pyridine rings is 1. The van der Waals surface area contributed by atoms with Crippen molar-refractivity contribution in [3.05, 3.63) is 53.3 Å². The number of ether oxygens (including phenoxy) is 2. The van der Waals surface area contributed by atoms with Gasteiger partial charge < -0.3 is 14.8 Å². The summed E-state index contributed by atoms with van der Waals surface area (Å²) in [5, 5.41) is 3.37. The predicted molar refractivity (Wildman–Crippen MR) is 81.8 cm³/mol. The van der Waals surface area contributed by atoms with Crippen LogP contribution in [0.15, 0.2) is 36.5 Å². The number of nitrogens with zero attached hydrogens (tertiary/aromatic N) is 1. The molecule has 1 aromatic heterocycles. The Morgan fingerprint density at radius 2 is 2.14 bits per heavy atom. The van der Waals surface area contributed by atoms with Crippen molar-refractivity contribution < 1.29 is 9.47 Å². The maximum atomic E-state index is 6.17. The van der Waals surface area contributed by atoms with Crippen LogP contribution in [0, 0.1) is 6.92 Å². The van der Waals surface area contributed by atoms with Gasteiger partial charge in [0, 0.05) is 41.5 Å². The normalized spacial score (nSPS) is 20.5. The molecule has 0 amide bonds. The first-order chi connectivity index (χ1) is 10.2. The standard InChI is InChI=1S/C17H20N2O2/c1-11-4-5-12(10-19-11)16-9-15(18-2)14-7-6-13(20-3)8-17(14)21-16/h4-8,10,15-16,18H,9H2,1-3H3. The maximum absolute atomic E-state index is 6.17. The lowest BCUT2D eigenvalue weighted by atomic mass is 9.93. The molecule has 1 N–H and O–H groups in total. The van der Waals surface area contributed by atoms with E-state index in [-0.39, 0.29) is 12.1 Å². The van der Waals surface area contributed by atoms with Gasteiger partial charge in [-0.1, -0.05) is 12.1 Å². The molecule has 2 unspecified atom stereocenters. The summed E-state index contributed by atoms with van der Waals surface area (Å²) in [7, 11) is 3.65. The molecule has 0 bridgehead atoms. The van der Waals surface area contributed by atoms with Crippen LogP contribution in [-0.2, 0) is 0 Å². The minimum absolute atomic E-state index is 0.00940. The topological polar surface area (TPSA) is 43.4 Å². The van der Waals surface area contributed by atoms with Crippen molar-refractivity contribution >= 4 is 0 Å². The van der Waals surface area contributed by atoms with Gasteiger partial charge in [-0.25, -0.2) is 0 Å². The van der Waals surface area contributed by atoms with Crippen LogP contribution in [-0.4, -0.2) is 19.1 Å². The number of fused-ring (bicyclic) bond motifs is 1. The summed E-state index contributed by atoms with van der Waals surface area (Å²) >= 11 is 0. The zero-order valence-corrected chi connectivity index (χ0v) is 12.6. The maximum Gasteiger partial charge on any atom is 0.128 e. The molecular formula is C17H20N2O2. The molecule has 0 spiro atoms. The van der Waals surface area contributed by atoms with Crippen molar-refractivity contribution in [2.24, 2.45) is 0 Å². The third kappa shape index (κ3) is 2.72. The fourth-order valence-corrected chi connectivity index (χ4v) is 2.72. The van der Waals surface area contributed by atoms with Gasteiger partial charge in [0.25, 0.3) is 0 Å². The lowest BCUT2D eigenvalue weighted by Crippen LogP contribution is -2.26. The van der Waals surface area contributed by atoms with E-state index < -0.39 is 0 Å². The second-order valence-corrected chi connectivity index (χ2v) is 5.32. The van der Waals surface area contributed by atoms with Gasteiger partial charge in [0.2, 0.25) is 0 Å². The van der Waals surface area contributed by atoms with Gasteiger partial charge in [0.05, 0.1) is 7.11 Å². The third-order valence-electron chi connectivity index (χ3n) is 3.97. The molecule has 1 aromatic carbocycles. The van der Waals surface area contributed by atoms with E-state index in [1.807, 2.05) is 38.4 Å². The molecule has 3 rings (SSSR count). The van der Waals surface area contributed by atoms with Gasteiger partial charge in [-0.05, 0) is 26.1 Å². The number of hydrogen-bond donors (Lipinski definition) is 1. The number of hydrogen-bond acceptors (Lipinski definition) is 4. The first kappa shape index (κ1) is 13.9. The molecule has 2 heterocycles. The SMILES string of the molecule is CNC1CC(c2ccc(C)nc2)Oc2cc(OC)ccc21. The molecule has 1 aliphatic rings. The van der Waals surface area contributed by atoms with E-state index in [9.17, 15) is 0 Å². The van der Waals surface area contributed by atoms with Gasteiger partial charge in [-0.2, -0.15) is 0 Å². The number of aryl methyl sites for hydroxylation is 1. The Morgan fingerprint density at radius 3 is 2.81 bits per heavy atom. The molecule has 2 atom stereocenters. The Labute approximate surface area is 125 Å². The number of aromatic nitrogens is 1. The van der Waals surface area contributed by atoms with E-state index >= 15 is 0 Å².